The van der Waals surface area contributed by atoms with Crippen LogP contribution in [0.5, 0.6) is 5.75 Å². The average Bonchev–Trinajstić information content (AvgIpc) is 2.48. The number of amides is 1. The second kappa shape index (κ2) is 6.85. The maximum absolute atomic E-state index is 11.9. The summed E-state index contributed by atoms with van der Waals surface area (Å²) in [7, 11) is 0. The van der Waals surface area contributed by atoms with Gasteiger partial charge in [0.25, 0.3) is 0 Å². The first-order chi connectivity index (χ1) is 10.1. The van der Waals surface area contributed by atoms with E-state index < -0.39 is 6.04 Å². The summed E-state index contributed by atoms with van der Waals surface area (Å²) in [5.41, 5.74) is 8.07. The number of carbonyl (C=O) groups is 1. The van der Waals surface area contributed by atoms with Crippen LogP contribution in [-0.2, 0) is 4.79 Å². The van der Waals surface area contributed by atoms with Gasteiger partial charge in [0.15, 0.2) is 0 Å². The monoisotopic (exact) mass is 285 g/mol. The van der Waals surface area contributed by atoms with Crippen LogP contribution in [0.2, 0.25) is 0 Å². The van der Waals surface area contributed by atoms with Crippen LogP contribution in [0.4, 0.5) is 5.69 Å². The Morgan fingerprint density at radius 2 is 2.24 bits per heavy atom. The van der Waals surface area contributed by atoms with Crippen LogP contribution in [0, 0.1) is 0 Å². The van der Waals surface area contributed by atoms with Crippen molar-refractivity contribution in [2.75, 3.05) is 11.9 Å². The Morgan fingerprint density at radius 3 is 2.86 bits per heavy atom. The van der Waals surface area contributed by atoms with E-state index in [9.17, 15) is 4.79 Å². The Balaban J connectivity index is 2.41. The third kappa shape index (κ3) is 3.79. The Hall–Kier alpha value is -2.40. The molecule has 0 saturated carbocycles. The van der Waals surface area contributed by atoms with Gasteiger partial charge < -0.3 is 15.8 Å². The molecular weight excluding hydrogens is 266 g/mol. The summed E-state index contributed by atoms with van der Waals surface area (Å²) in [5, 5.41) is 2.84. The lowest BCUT2D eigenvalue weighted by Crippen LogP contribution is -2.32. The smallest absolute Gasteiger partial charge is 0.241 e. The SMILES string of the molecule is CCOc1ccc(-c2cccnc2)c(NC(=O)C(C)N)c1. The van der Waals surface area contributed by atoms with E-state index in [1.54, 1.807) is 25.4 Å². The summed E-state index contributed by atoms with van der Waals surface area (Å²) in [4.78, 5) is 16.0. The van der Waals surface area contributed by atoms with Crippen LogP contribution < -0.4 is 15.8 Å². The molecule has 0 aliphatic carbocycles. The fraction of sp³-hybridized carbons (Fsp3) is 0.250. The molecule has 5 heteroatoms. The third-order valence-corrected chi connectivity index (χ3v) is 2.95. The first-order valence-electron chi connectivity index (χ1n) is 6.85. The van der Waals surface area contributed by atoms with E-state index >= 15 is 0 Å². The highest BCUT2D eigenvalue weighted by atomic mass is 16.5. The predicted octanol–water partition coefficient (Wildman–Crippen LogP) is 2.43. The summed E-state index contributed by atoms with van der Waals surface area (Å²) in [5.74, 6) is 0.457. The maximum Gasteiger partial charge on any atom is 0.241 e. The molecule has 0 aliphatic rings. The van der Waals surface area contributed by atoms with Crippen molar-refractivity contribution in [3.63, 3.8) is 0 Å². The zero-order chi connectivity index (χ0) is 15.2. The number of nitrogens with zero attached hydrogens (tertiary/aromatic N) is 1. The topological polar surface area (TPSA) is 77.2 Å². The van der Waals surface area contributed by atoms with Crippen molar-refractivity contribution in [3.05, 3.63) is 42.7 Å². The van der Waals surface area contributed by atoms with Gasteiger partial charge in [0.05, 0.1) is 18.3 Å². The zero-order valence-corrected chi connectivity index (χ0v) is 12.2. The Labute approximate surface area is 124 Å². The number of hydrogen-bond acceptors (Lipinski definition) is 4. The van der Waals surface area contributed by atoms with E-state index in [1.165, 1.54) is 0 Å². The second-order valence-corrected chi connectivity index (χ2v) is 4.66. The van der Waals surface area contributed by atoms with Crippen LogP contribution in [0.25, 0.3) is 11.1 Å². The lowest BCUT2D eigenvalue weighted by molar-refractivity contribution is -0.117. The number of anilines is 1. The van der Waals surface area contributed by atoms with Gasteiger partial charge in [-0.3, -0.25) is 9.78 Å². The van der Waals surface area contributed by atoms with Crippen molar-refractivity contribution in [3.8, 4) is 16.9 Å². The standard InChI is InChI=1S/C16H19N3O2/c1-3-21-13-6-7-14(12-5-4-8-18-10-12)15(9-13)19-16(20)11(2)17/h4-11H,3,17H2,1-2H3,(H,19,20). The second-order valence-electron chi connectivity index (χ2n) is 4.66. The van der Waals surface area contributed by atoms with Gasteiger partial charge in [-0.1, -0.05) is 6.07 Å². The molecule has 1 amide bonds. The number of ether oxygens (including phenoxy) is 1. The van der Waals surface area contributed by atoms with Gasteiger partial charge in [0.2, 0.25) is 5.91 Å². The fourth-order valence-corrected chi connectivity index (χ4v) is 1.90. The fourth-order valence-electron chi connectivity index (χ4n) is 1.90. The number of nitrogens with one attached hydrogen (secondary N) is 1. The molecule has 110 valence electrons. The highest BCUT2D eigenvalue weighted by Gasteiger charge is 2.13. The van der Waals surface area contributed by atoms with Gasteiger partial charge in [-0.25, -0.2) is 0 Å². The number of pyridine rings is 1. The van der Waals surface area contributed by atoms with Gasteiger partial charge in [0, 0.05) is 29.6 Å². The van der Waals surface area contributed by atoms with Gasteiger partial charge in [0.1, 0.15) is 5.75 Å². The first kappa shape index (κ1) is 15.0. The average molecular weight is 285 g/mol. The molecule has 1 heterocycles. The summed E-state index contributed by atoms with van der Waals surface area (Å²) in [6.07, 6.45) is 3.45. The molecule has 0 radical (unpaired) electrons. The number of nitrogens with two attached hydrogens (primary N) is 1. The molecule has 5 nitrogen and oxygen atoms in total. The zero-order valence-electron chi connectivity index (χ0n) is 12.2. The number of benzene rings is 1. The number of aromatic nitrogens is 1. The van der Waals surface area contributed by atoms with Crippen LogP contribution in [0.1, 0.15) is 13.8 Å². The Bertz CT molecular complexity index is 612. The summed E-state index contributed by atoms with van der Waals surface area (Å²) in [6.45, 7) is 4.12. The minimum atomic E-state index is -0.581. The van der Waals surface area contributed by atoms with E-state index in [4.69, 9.17) is 10.5 Å². The highest BCUT2D eigenvalue weighted by Crippen LogP contribution is 2.31. The molecule has 0 saturated heterocycles. The highest BCUT2D eigenvalue weighted by molar-refractivity contribution is 5.98. The Morgan fingerprint density at radius 1 is 1.43 bits per heavy atom. The van der Waals surface area contributed by atoms with Crippen molar-refractivity contribution in [2.24, 2.45) is 5.73 Å². The molecule has 0 spiro atoms. The third-order valence-electron chi connectivity index (χ3n) is 2.95. The van der Waals surface area contributed by atoms with Gasteiger partial charge in [-0.2, -0.15) is 0 Å². The molecule has 2 aromatic rings. The molecule has 1 unspecified atom stereocenters. The van der Waals surface area contributed by atoms with E-state index in [2.05, 4.69) is 10.3 Å². The maximum atomic E-state index is 11.9. The molecule has 0 aliphatic heterocycles. The molecule has 1 atom stereocenters. The largest absolute Gasteiger partial charge is 0.494 e. The molecular formula is C16H19N3O2. The normalized spacial score (nSPS) is 11.8. The van der Waals surface area contributed by atoms with Crippen molar-refractivity contribution in [1.29, 1.82) is 0 Å². The molecule has 1 aromatic heterocycles. The number of carbonyl (C=O) groups excluding carboxylic acids is 1. The van der Waals surface area contributed by atoms with E-state index in [-0.39, 0.29) is 5.91 Å². The lowest BCUT2D eigenvalue weighted by Gasteiger charge is -2.14. The van der Waals surface area contributed by atoms with Crippen LogP contribution in [-0.4, -0.2) is 23.5 Å². The predicted molar refractivity (Wildman–Crippen MR) is 83.1 cm³/mol. The number of hydrogen-bond donors (Lipinski definition) is 2. The minimum absolute atomic E-state index is 0.242. The Kier molecular flexibility index (Phi) is 4.90. The van der Waals surface area contributed by atoms with E-state index in [0.29, 0.717) is 18.0 Å². The van der Waals surface area contributed by atoms with Crippen molar-refractivity contribution < 1.29 is 9.53 Å². The van der Waals surface area contributed by atoms with Gasteiger partial charge in [-0.15, -0.1) is 0 Å². The van der Waals surface area contributed by atoms with Crippen LogP contribution in [0.15, 0.2) is 42.7 Å². The number of rotatable bonds is 5. The molecule has 3 N–H and O–H groups in total. The van der Waals surface area contributed by atoms with E-state index in [0.717, 1.165) is 11.1 Å². The van der Waals surface area contributed by atoms with Crippen molar-refractivity contribution in [1.82, 2.24) is 4.98 Å². The summed E-state index contributed by atoms with van der Waals surface area (Å²) in [6, 6.07) is 8.77. The first-order valence-corrected chi connectivity index (χ1v) is 6.85. The molecule has 0 fully saturated rings. The lowest BCUT2D eigenvalue weighted by atomic mass is 10.0. The molecule has 21 heavy (non-hydrogen) atoms. The van der Waals surface area contributed by atoms with Crippen molar-refractivity contribution in [2.45, 2.75) is 19.9 Å². The van der Waals surface area contributed by atoms with Crippen LogP contribution in [0.3, 0.4) is 0 Å². The summed E-state index contributed by atoms with van der Waals surface area (Å²) < 4.78 is 5.48. The molecule has 1 aromatic carbocycles. The summed E-state index contributed by atoms with van der Waals surface area (Å²) >= 11 is 0. The molecule has 2 rings (SSSR count). The minimum Gasteiger partial charge on any atom is -0.494 e. The van der Waals surface area contributed by atoms with Crippen molar-refractivity contribution >= 4 is 11.6 Å². The quantitative estimate of drug-likeness (QED) is 0.884. The van der Waals surface area contributed by atoms with Gasteiger partial charge in [-0.05, 0) is 32.0 Å². The molecule has 0 bridgehead atoms. The van der Waals surface area contributed by atoms with E-state index in [1.807, 2.05) is 31.2 Å². The van der Waals surface area contributed by atoms with Crippen LogP contribution >= 0.6 is 0 Å². The van der Waals surface area contributed by atoms with Gasteiger partial charge >= 0.3 is 0 Å².